The maximum atomic E-state index is 12.3. The smallest absolute Gasteiger partial charge is 0.494 e. The Morgan fingerprint density at radius 3 is 2.16 bits per heavy atom. The van der Waals surface area contributed by atoms with E-state index in [4.69, 9.17) is 4.74 Å². The predicted octanol–water partition coefficient (Wildman–Crippen LogP) is 3.55. The maximum Gasteiger partial charge on any atom is 0.501 e. The zero-order valence-corrected chi connectivity index (χ0v) is 11.2. The molecule has 0 N–H and O–H groups in total. The average molecular weight is 296 g/mol. The molecule has 7 heteroatoms. The lowest BCUT2D eigenvalue weighted by Crippen LogP contribution is -2.23. The minimum atomic E-state index is -5.28. The quantitative estimate of drug-likeness (QED) is 0.754. The summed E-state index contributed by atoms with van der Waals surface area (Å²) in [5, 5.41) is 0. The van der Waals surface area contributed by atoms with Crippen molar-refractivity contribution in [2.24, 2.45) is 0 Å². The van der Waals surface area contributed by atoms with Crippen LogP contribution in [0.2, 0.25) is 0 Å². The summed E-state index contributed by atoms with van der Waals surface area (Å²) in [7, 11) is -5.28. The molecule has 0 unspecified atom stereocenters. The highest BCUT2D eigenvalue weighted by Gasteiger charge is 2.46. The van der Waals surface area contributed by atoms with Crippen molar-refractivity contribution in [2.45, 2.75) is 36.6 Å². The Balaban J connectivity index is 2.72. The standard InChI is InChI=1S/C12H15F3O3S/c1-2-3-4-9-18-10-5-7-11(8-6-10)19(16,17)12(13,14)15/h5-8H,2-4,9H2,1H3. The molecule has 108 valence electrons. The third-order valence-electron chi connectivity index (χ3n) is 2.46. The van der Waals surface area contributed by atoms with E-state index >= 15 is 0 Å². The molecule has 0 aromatic heterocycles. The molecule has 1 aromatic rings. The Labute approximate surface area is 110 Å². The zero-order chi connectivity index (χ0) is 14.5. The maximum absolute atomic E-state index is 12.3. The van der Waals surface area contributed by atoms with Gasteiger partial charge in [-0.15, -0.1) is 0 Å². The Hall–Kier alpha value is -1.24. The first-order valence-corrected chi connectivity index (χ1v) is 7.31. The number of sulfone groups is 1. The van der Waals surface area contributed by atoms with Gasteiger partial charge in [-0.2, -0.15) is 13.2 Å². The van der Waals surface area contributed by atoms with Crippen molar-refractivity contribution in [2.75, 3.05) is 6.61 Å². The summed E-state index contributed by atoms with van der Waals surface area (Å²) >= 11 is 0. The van der Waals surface area contributed by atoms with Crippen LogP contribution in [-0.4, -0.2) is 20.5 Å². The van der Waals surface area contributed by atoms with Crippen molar-refractivity contribution in [3.05, 3.63) is 24.3 Å². The average Bonchev–Trinajstić information content (AvgIpc) is 2.34. The summed E-state index contributed by atoms with van der Waals surface area (Å²) in [5.41, 5.74) is -5.28. The molecule has 0 fully saturated rings. The molecular weight excluding hydrogens is 281 g/mol. The first-order valence-electron chi connectivity index (χ1n) is 5.83. The fourth-order valence-corrected chi connectivity index (χ4v) is 2.15. The lowest BCUT2D eigenvalue weighted by Gasteiger charge is -2.09. The van der Waals surface area contributed by atoms with Crippen LogP contribution in [0.15, 0.2) is 29.2 Å². The highest BCUT2D eigenvalue weighted by Crippen LogP contribution is 2.30. The highest BCUT2D eigenvalue weighted by atomic mass is 32.2. The zero-order valence-electron chi connectivity index (χ0n) is 10.4. The third-order valence-corrected chi connectivity index (χ3v) is 3.96. The summed E-state index contributed by atoms with van der Waals surface area (Å²) < 4.78 is 64.3. The first kappa shape index (κ1) is 15.8. The van der Waals surface area contributed by atoms with Crippen LogP contribution < -0.4 is 4.74 Å². The van der Waals surface area contributed by atoms with Crippen molar-refractivity contribution in [3.8, 4) is 5.75 Å². The van der Waals surface area contributed by atoms with Crippen molar-refractivity contribution >= 4 is 9.84 Å². The number of hydrogen-bond donors (Lipinski definition) is 0. The van der Waals surface area contributed by atoms with E-state index in [1.165, 1.54) is 12.1 Å². The molecule has 0 amide bonds. The fourth-order valence-electron chi connectivity index (χ4n) is 1.39. The topological polar surface area (TPSA) is 43.4 Å². The van der Waals surface area contributed by atoms with Gasteiger partial charge in [0.15, 0.2) is 0 Å². The van der Waals surface area contributed by atoms with Gasteiger partial charge in [-0.1, -0.05) is 19.8 Å². The molecule has 0 spiro atoms. The fraction of sp³-hybridized carbons (Fsp3) is 0.500. The van der Waals surface area contributed by atoms with Gasteiger partial charge in [0.05, 0.1) is 11.5 Å². The monoisotopic (exact) mass is 296 g/mol. The van der Waals surface area contributed by atoms with Crippen LogP contribution in [0.25, 0.3) is 0 Å². The van der Waals surface area contributed by atoms with E-state index in [2.05, 4.69) is 0 Å². The van der Waals surface area contributed by atoms with Crippen LogP contribution >= 0.6 is 0 Å². The Morgan fingerprint density at radius 2 is 1.68 bits per heavy atom. The van der Waals surface area contributed by atoms with Gasteiger partial charge < -0.3 is 4.74 Å². The number of halogens is 3. The van der Waals surface area contributed by atoms with Crippen LogP contribution in [0.5, 0.6) is 5.75 Å². The van der Waals surface area contributed by atoms with E-state index < -0.39 is 20.2 Å². The van der Waals surface area contributed by atoms with E-state index in [9.17, 15) is 21.6 Å². The predicted molar refractivity (Wildman–Crippen MR) is 64.7 cm³/mol. The van der Waals surface area contributed by atoms with Crippen LogP contribution in [-0.2, 0) is 9.84 Å². The van der Waals surface area contributed by atoms with E-state index in [1.807, 2.05) is 6.92 Å². The van der Waals surface area contributed by atoms with Gasteiger partial charge in [0, 0.05) is 0 Å². The summed E-state index contributed by atoms with van der Waals surface area (Å²) in [6.45, 7) is 2.50. The Morgan fingerprint density at radius 1 is 1.11 bits per heavy atom. The molecule has 19 heavy (non-hydrogen) atoms. The summed E-state index contributed by atoms with van der Waals surface area (Å²) in [6.07, 6.45) is 2.88. The van der Waals surface area contributed by atoms with Crippen LogP contribution in [0.3, 0.4) is 0 Å². The molecule has 0 saturated carbocycles. The van der Waals surface area contributed by atoms with Crippen LogP contribution in [0.4, 0.5) is 13.2 Å². The molecule has 0 aliphatic carbocycles. The van der Waals surface area contributed by atoms with Crippen molar-refractivity contribution in [1.29, 1.82) is 0 Å². The number of unbranched alkanes of at least 4 members (excludes halogenated alkanes) is 2. The third kappa shape index (κ3) is 4.12. The van der Waals surface area contributed by atoms with Crippen molar-refractivity contribution in [1.82, 2.24) is 0 Å². The minimum Gasteiger partial charge on any atom is -0.494 e. The normalized spacial score (nSPS) is 12.4. The lowest BCUT2D eigenvalue weighted by atomic mass is 10.3. The van der Waals surface area contributed by atoms with Crippen LogP contribution in [0, 0.1) is 0 Å². The van der Waals surface area contributed by atoms with Crippen molar-refractivity contribution in [3.63, 3.8) is 0 Å². The number of alkyl halides is 3. The molecule has 0 atom stereocenters. The van der Waals surface area contributed by atoms with Gasteiger partial charge in [0.1, 0.15) is 5.75 Å². The number of benzene rings is 1. The second kappa shape index (κ2) is 6.27. The first-order chi connectivity index (χ1) is 8.79. The van der Waals surface area contributed by atoms with Crippen LogP contribution in [0.1, 0.15) is 26.2 Å². The van der Waals surface area contributed by atoms with E-state index in [1.54, 1.807) is 0 Å². The number of ether oxygens (including phenoxy) is 1. The van der Waals surface area contributed by atoms with Gasteiger partial charge in [0.25, 0.3) is 9.84 Å². The summed E-state index contributed by atoms with van der Waals surface area (Å²) in [6, 6.07) is 4.26. The molecule has 0 aliphatic heterocycles. The Kier molecular flexibility index (Phi) is 5.22. The molecule has 1 rings (SSSR count). The van der Waals surface area contributed by atoms with Crippen molar-refractivity contribution < 1.29 is 26.3 Å². The number of hydrogen-bond acceptors (Lipinski definition) is 3. The molecule has 0 heterocycles. The van der Waals surface area contributed by atoms with Gasteiger partial charge in [-0.05, 0) is 30.7 Å². The highest BCUT2D eigenvalue weighted by molar-refractivity contribution is 7.92. The molecule has 0 radical (unpaired) electrons. The molecular formula is C12H15F3O3S. The molecule has 3 nitrogen and oxygen atoms in total. The van der Waals surface area contributed by atoms with Gasteiger partial charge in [-0.3, -0.25) is 0 Å². The molecule has 0 saturated heterocycles. The van der Waals surface area contributed by atoms with Gasteiger partial charge in [-0.25, -0.2) is 8.42 Å². The lowest BCUT2D eigenvalue weighted by molar-refractivity contribution is -0.0436. The van der Waals surface area contributed by atoms with E-state index in [0.717, 1.165) is 31.4 Å². The second-order valence-corrected chi connectivity index (χ2v) is 5.92. The van der Waals surface area contributed by atoms with Gasteiger partial charge >= 0.3 is 5.51 Å². The largest absolute Gasteiger partial charge is 0.501 e. The minimum absolute atomic E-state index is 0.359. The SMILES string of the molecule is CCCCCOc1ccc(S(=O)(=O)C(F)(F)F)cc1. The number of rotatable bonds is 6. The van der Waals surface area contributed by atoms with E-state index in [0.29, 0.717) is 12.4 Å². The van der Waals surface area contributed by atoms with E-state index in [-0.39, 0.29) is 0 Å². The second-order valence-electron chi connectivity index (χ2n) is 3.98. The van der Waals surface area contributed by atoms with Gasteiger partial charge in [0.2, 0.25) is 0 Å². The molecule has 1 aromatic carbocycles. The molecule has 0 aliphatic rings. The summed E-state index contributed by atoms with van der Waals surface area (Å²) in [5.74, 6) is 0.359. The molecule has 0 bridgehead atoms. The summed E-state index contributed by atoms with van der Waals surface area (Å²) in [4.78, 5) is -0.777. The Bertz CT molecular complexity index is 492.